The van der Waals surface area contributed by atoms with E-state index >= 15 is 0 Å². The van der Waals surface area contributed by atoms with E-state index in [1.807, 2.05) is 11.5 Å². The molecule has 2 aromatic carbocycles. The van der Waals surface area contributed by atoms with Crippen molar-refractivity contribution < 1.29 is 42.1 Å². The van der Waals surface area contributed by atoms with E-state index in [9.17, 15) is 13.9 Å². The van der Waals surface area contributed by atoms with Gasteiger partial charge in [-0.1, -0.05) is 41.2 Å². The number of rotatable bonds is 11. The highest BCUT2D eigenvalue weighted by Crippen LogP contribution is 2.31. The Hall–Kier alpha value is -2.82. The first-order valence-corrected chi connectivity index (χ1v) is 16.0. The molecule has 0 radical (unpaired) electrons. The smallest absolute Gasteiger partial charge is 0.349 e. The zero-order valence-corrected chi connectivity index (χ0v) is 24.6. The van der Waals surface area contributed by atoms with Crippen LogP contribution in [-0.2, 0) is 42.5 Å². The number of esters is 1. The lowest BCUT2D eigenvalue weighted by molar-refractivity contribution is -0.691. The van der Waals surface area contributed by atoms with Gasteiger partial charge in [-0.25, -0.2) is 4.79 Å². The first kappa shape index (κ1) is 28.7. The molecule has 0 saturated carbocycles. The summed E-state index contributed by atoms with van der Waals surface area (Å²) in [6.07, 6.45) is 6.56. The van der Waals surface area contributed by atoms with Gasteiger partial charge in [-0.05, 0) is 50.5 Å². The van der Waals surface area contributed by atoms with Gasteiger partial charge in [-0.15, -0.1) is 0 Å². The number of aromatic nitrogens is 2. The van der Waals surface area contributed by atoms with E-state index in [-0.39, 0.29) is 20.2 Å². The molecule has 2 unspecified atom stereocenters. The summed E-state index contributed by atoms with van der Waals surface area (Å²) in [6, 6.07) is 14.5. The van der Waals surface area contributed by atoms with Crippen LogP contribution in [0.5, 0.6) is 0 Å². The summed E-state index contributed by atoms with van der Waals surface area (Å²) in [5.74, 6) is -0.519. The molecule has 2 aromatic heterocycles. The molecule has 2 heterocycles. The maximum atomic E-state index is 13.0. The maximum Gasteiger partial charge on any atom is 0.349 e. The summed E-state index contributed by atoms with van der Waals surface area (Å²) >= 11 is 1.74. The average molecular weight is 607 g/mol. The molecule has 4 aromatic rings. The van der Waals surface area contributed by atoms with Crippen LogP contribution in [0.25, 0.3) is 16.2 Å². The fourth-order valence-electron chi connectivity index (χ4n) is 4.66. The second kappa shape index (κ2) is 12.8. The predicted octanol–water partition coefficient (Wildman–Crippen LogP) is 4.48. The van der Waals surface area contributed by atoms with E-state index in [1.54, 1.807) is 35.6 Å². The number of carbonyl (C=O) groups excluding carboxylic acids is 1. The van der Waals surface area contributed by atoms with Crippen molar-refractivity contribution in [1.29, 1.82) is 0 Å². The SMILES string of the molecule is Cc1ccc(-c2cn3c4c(sc3[n+]2COC(=O)c2ccc(N(CO[PH](=O)O)CO[PH](=O)O)cc2)CCCC4)cc1. The number of thiazole rings is 1. The molecule has 212 valence electrons. The van der Waals surface area contributed by atoms with Crippen LogP contribution in [0.1, 0.15) is 39.3 Å². The van der Waals surface area contributed by atoms with Crippen LogP contribution in [0.4, 0.5) is 5.69 Å². The van der Waals surface area contributed by atoms with E-state index in [2.05, 4.69) is 34.9 Å². The Morgan fingerprint density at radius 2 is 1.65 bits per heavy atom. The number of ether oxygens (including phenoxy) is 1. The first-order chi connectivity index (χ1) is 19.3. The van der Waals surface area contributed by atoms with Crippen molar-refractivity contribution >= 4 is 44.5 Å². The highest BCUT2D eigenvalue weighted by atomic mass is 32.1. The summed E-state index contributed by atoms with van der Waals surface area (Å²) in [5, 5.41) is 0. The fraction of sp³-hybridized carbons (Fsp3) is 0.308. The van der Waals surface area contributed by atoms with Crippen LogP contribution in [0.3, 0.4) is 0 Å². The van der Waals surface area contributed by atoms with E-state index < -0.39 is 22.5 Å². The average Bonchev–Trinajstić information content (AvgIpc) is 3.48. The van der Waals surface area contributed by atoms with Gasteiger partial charge in [0, 0.05) is 17.7 Å². The maximum absolute atomic E-state index is 13.0. The molecule has 0 fully saturated rings. The van der Waals surface area contributed by atoms with Gasteiger partial charge >= 0.3 is 27.4 Å². The number of benzene rings is 2. The Bertz CT molecular complexity index is 1530. The van der Waals surface area contributed by atoms with Crippen LogP contribution in [0.2, 0.25) is 0 Å². The number of carbonyl (C=O) groups is 1. The lowest BCUT2D eigenvalue weighted by atomic mass is 10.0. The summed E-state index contributed by atoms with van der Waals surface area (Å²) < 4.78 is 41.5. The number of aryl methyl sites for hydroxylation is 3. The van der Waals surface area contributed by atoms with E-state index in [0.29, 0.717) is 11.3 Å². The minimum Gasteiger partial charge on any atom is -0.421 e. The highest BCUT2D eigenvalue weighted by molar-refractivity contribution is 7.32. The number of nitrogens with zero attached hydrogens (tertiary/aromatic N) is 3. The zero-order valence-electron chi connectivity index (χ0n) is 21.7. The van der Waals surface area contributed by atoms with Crippen LogP contribution < -0.4 is 9.47 Å². The van der Waals surface area contributed by atoms with Crippen molar-refractivity contribution in [2.75, 3.05) is 18.4 Å². The molecule has 11 nitrogen and oxygen atoms in total. The zero-order chi connectivity index (χ0) is 28.2. The molecular weight excluding hydrogens is 576 g/mol. The van der Waals surface area contributed by atoms with Crippen LogP contribution in [0.15, 0.2) is 54.7 Å². The Morgan fingerprint density at radius 1 is 1.00 bits per heavy atom. The second-order valence-electron chi connectivity index (χ2n) is 9.37. The van der Waals surface area contributed by atoms with Crippen molar-refractivity contribution in [3.05, 3.63) is 76.4 Å². The van der Waals surface area contributed by atoms with Gasteiger partial charge in [0.15, 0.2) is 5.69 Å². The predicted molar refractivity (Wildman–Crippen MR) is 151 cm³/mol. The molecule has 0 aliphatic heterocycles. The monoisotopic (exact) mass is 606 g/mol. The highest BCUT2D eigenvalue weighted by Gasteiger charge is 2.29. The van der Waals surface area contributed by atoms with Crippen LogP contribution in [0, 0.1) is 6.92 Å². The summed E-state index contributed by atoms with van der Waals surface area (Å²) in [7, 11) is -6.45. The van der Waals surface area contributed by atoms with Crippen molar-refractivity contribution in [3.63, 3.8) is 0 Å². The van der Waals surface area contributed by atoms with Crippen LogP contribution >= 0.6 is 27.8 Å². The van der Waals surface area contributed by atoms with Gasteiger partial charge in [0.2, 0.25) is 6.73 Å². The molecule has 2 N–H and O–H groups in total. The van der Waals surface area contributed by atoms with Crippen molar-refractivity contribution in [2.45, 2.75) is 39.3 Å². The Labute approximate surface area is 236 Å². The normalized spacial score (nSPS) is 14.6. The third-order valence-corrected chi connectivity index (χ3v) is 8.74. The number of anilines is 1. The van der Waals surface area contributed by atoms with Gasteiger partial charge in [-0.3, -0.25) is 18.2 Å². The van der Waals surface area contributed by atoms with Gasteiger partial charge in [0.05, 0.1) is 10.4 Å². The Kier molecular flexibility index (Phi) is 9.17. The summed E-state index contributed by atoms with van der Waals surface area (Å²) in [6.45, 7) is 1.38. The van der Waals surface area contributed by atoms with Gasteiger partial charge in [0.25, 0.3) is 0 Å². The van der Waals surface area contributed by atoms with Crippen molar-refractivity contribution in [1.82, 2.24) is 4.40 Å². The molecule has 40 heavy (non-hydrogen) atoms. The van der Waals surface area contributed by atoms with Crippen molar-refractivity contribution in [3.8, 4) is 11.3 Å². The molecule has 0 amide bonds. The van der Waals surface area contributed by atoms with Crippen molar-refractivity contribution in [2.24, 2.45) is 0 Å². The van der Waals surface area contributed by atoms with Gasteiger partial charge in [-0.2, -0.15) is 8.97 Å². The molecule has 0 bridgehead atoms. The molecule has 1 aliphatic rings. The van der Waals surface area contributed by atoms with E-state index in [0.717, 1.165) is 41.0 Å². The lowest BCUT2D eigenvalue weighted by Crippen LogP contribution is -2.37. The van der Waals surface area contributed by atoms with E-state index in [1.165, 1.54) is 21.9 Å². The fourth-order valence-corrected chi connectivity index (χ4v) is 6.50. The minimum atomic E-state index is -3.22. The number of imidazole rings is 1. The van der Waals surface area contributed by atoms with E-state index in [4.69, 9.17) is 23.6 Å². The standard InChI is InChI=1S/C26H29N3O8P2S/c1-18-6-8-19(9-7-18)23-14-28-22-4-2-3-5-24(22)40-26(28)29(23)17-35-25(30)20-10-12-21(13-11-20)27(15-36-38(31)32)16-37-39(33)34/h6-14,38-39H,2-5,15-17H2,1H3,(H-,31,32,33,34)/p+1. The topological polar surface area (TPSA) is 131 Å². The lowest BCUT2D eigenvalue weighted by Gasteiger charge is -2.23. The molecule has 14 heteroatoms. The number of fused-ring (bicyclic) bond motifs is 3. The molecule has 0 spiro atoms. The number of hydrogen-bond acceptors (Lipinski definition) is 8. The largest absolute Gasteiger partial charge is 0.421 e. The molecule has 5 rings (SSSR count). The molecular formula is C26H30N3O8P2S+. The van der Waals surface area contributed by atoms with Gasteiger partial charge < -0.3 is 19.4 Å². The minimum absolute atomic E-state index is 0.0308. The molecule has 2 atom stereocenters. The molecule has 1 aliphatic carbocycles. The summed E-state index contributed by atoms with van der Waals surface area (Å²) in [4.78, 5) is 34.7. The Balaban J connectivity index is 1.36. The Morgan fingerprint density at radius 3 is 2.30 bits per heavy atom. The van der Waals surface area contributed by atoms with Gasteiger partial charge in [0.1, 0.15) is 25.4 Å². The molecule has 0 saturated heterocycles. The quantitative estimate of drug-likeness (QED) is 0.110. The third-order valence-electron chi connectivity index (χ3n) is 6.70. The number of hydrogen-bond donors (Lipinski definition) is 2. The second-order valence-corrected chi connectivity index (χ2v) is 12.1. The third kappa shape index (κ3) is 6.56. The summed E-state index contributed by atoms with van der Waals surface area (Å²) in [5.41, 5.74) is 5.25. The first-order valence-electron chi connectivity index (χ1n) is 12.7. The van der Waals surface area contributed by atoms with Crippen LogP contribution in [-0.4, -0.2) is 33.6 Å².